The molecule has 1 fully saturated rings. The molecule has 140 valence electrons. The Morgan fingerprint density at radius 3 is 2.58 bits per heavy atom. The number of piperidine rings is 1. The van der Waals surface area contributed by atoms with Crippen LogP contribution < -0.4 is 5.32 Å². The van der Waals surface area contributed by atoms with Gasteiger partial charge in [-0.1, -0.05) is 30.3 Å². The molecular weight excluding hydrogens is 328 g/mol. The van der Waals surface area contributed by atoms with Crippen LogP contribution in [-0.4, -0.2) is 50.3 Å². The van der Waals surface area contributed by atoms with E-state index in [1.54, 1.807) is 13.8 Å². The third-order valence-corrected chi connectivity index (χ3v) is 4.65. The number of carbonyl (C=O) groups is 1. The van der Waals surface area contributed by atoms with Crippen LogP contribution in [0.25, 0.3) is 0 Å². The summed E-state index contributed by atoms with van der Waals surface area (Å²) in [5.41, 5.74) is 1.38. The van der Waals surface area contributed by atoms with Gasteiger partial charge in [0.15, 0.2) is 0 Å². The summed E-state index contributed by atoms with van der Waals surface area (Å²) < 4.78 is 4.97. The second kappa shape index (κ2) is 9.29. The number of benzene rings is 1. The van der Waals surface area contributed by atoms with Gasteiger partial charge in [0.05, 0.1) is 17.7 Å². The van der Waals surface area contributed by atoms with Gasteiger partial charge >= 0.3 is 5.97 Å². The van der Waals surface area contributed by atoms with Crippen LogP contribution in [-0.2, 0) is 15.1 Å². The van der Waals surface area contributed by atoms with Gasteiger partial charge in [0.25, 0.3) is 0 Å². The fourth-order valence-electron chi connectivity index (χ4n) is 3.03. The lowest BCUT2D eigenvalue weighted by Crippen LogP contribution is -2.52. The van der Waals surface area contributed by atoms with Crippen LogP contribution in [0.5, 0.6) is 0 Å². The van der Waals surface area contributed by atoms with Crippen LogP contribution in [0, 0.1) is 0 Å². The Labute approximate surface area is 155 Å². The van der Waals surface area contributed by atoms with E-state index in [4.69, 9.17) is 4.74 Å². The molecule has 0 amide bonds. The first kappa shape index (κ1) is 19.8. The predicted octanol–water partition coefficient (Wildman–Crippen LogP) is 2.72. The number of carbonyl (C=O) groups excluding carboxylic acids is 1. The van der Waals surface area contributed by atoms with Gasteiger partial charge in [0, 0.05) is 19.3 Å². The van der Waals surface area contributed by atoms with Crippen molar-refractivity contribution in [3.05, 3.63) is 47.7 Å². The molecule has 0 atom stereocenters. The van der Waals surface area contributed by atoms with Crippen molar-refractivity contribution in [2.75, 3.05) is 26.7 Å². The normalized spacial score (nSPS) is 18.3. The number of nitrogens with zero attached hydrogens (tertiary/aromatic N) is 3. The Balaban J connectivity index is 2.26. The molecule has 0 aromatic heterocycles. The molecule has 1 saturated heterocycles. The molecule has 26 heavy (non-hydrogen) atoms. The van der Waals surface area contributed by atoms with Gasteiger partial charge in [0.1, 0.15) is 0 Å². The summed E-state index contributed by atoms with van der Waals surface area (Å²) in [7, 11) is 2.13. The molecule has 0 radical (unpaired) electrons. The first-order chi connectivity index (χ1) is 12.5. The zero-order valence-electron chi connectivity index (χ0n) is 15.9. The van der Waals surface area contributed by atoms with E-state index >= 15 is 0 Å². The molecule has 2 rings (SSSR count). The molecule has 1 aliphatic rings. The minimum absolute atomic E-state index is 0.251. The SMILES string of the molecule is C=N/C(=N\C=C(/C)C(=O)OCC)NC1(c2ccccc2)CCN(C)CC1. The molecule has 1 aromatic rings. The highest BCUT2D eigenvalue weighted by molar-refractivity contribution is 5.89. The van der Waals surface area contributed by atoms with Crippen molar-refractivity contribution in [1.29, 1.82) is 0 Å². The van der Waals surface area contributed by atoms with Gasteiger partial charge in [-0.2, -0.15) is 0 Å². The van der Waals surface area contributed by atoms with E-state index < -0.39 is 0 Å². The van der Waals surface area contributed by atoms with E-state index in [2.05, 4.69) is 46.1 Å². The Hall–Kier alpha value is -2.47. The van der Waals surface area contributed by atoms with Crippen molar-refractivity contribution in [3.8, 4) is 0 Å². The van der Waals surface area contributed by atoms with Crippen LogP contribution in [0.3, 0.4) is 0 Å². The summed E-state index contributed by atoms with van der Waals surface area (Å²) in [6.45, 7) is 9.36. The van der Waals surface area contributed by atoms with Crippen molar-refractivity contribution in [2.24, 2.45) is 9.98 Å². The number of likely N-dealkylation sites (tertiary alicyclic amines) is 1. The first-order valence-electron chi connectivity index (χ1n) is 8.91. The molecule has 0 aliphatic carbocycles. The van der Waals surface area contributed by atoms with Crippen LogP contribution in [0.1, 0.15) is 32.3 Å². The lowest BCUT2D eigenvalue weighted by atomic mass is 9.81. The third kappa shape index (κ3) is 5.02. The fraction of sp³-hybridized carbons (Fsp3) is 0.450. The molecule has 0 bridgehead atoms. The van der Waals surface area contributed by atoms with Gasteiger partial charge in [-0.3, -0.25) is 0 Å². The number of hydrogen-bond donors (Lipinski definition) is 1. The van der Waals surface area contributed by atoms with Crippen LogP contribution in [0.4, 0.5) is 0 Å². The zero-order valence-corrected chi connectivity index (χ0v) is 15.9. The van der Waals surface area contributed by atoms with Crippen LogP contribution in [0.2, 0.25) is 0 Å². The number of rotatable bonds is 5. The van der Waals surface area contributed by atoms with Gasteiger partial charge in [-0.25, -0.2) is 14.8 Å². The van der Waals surface area contributed by atoms with Crippen molar-refractivity contribution in [1.82, 2.24) is 10.2 Å². The fourth-order valence-corrected chi connectivity index (χ4v) is 3.03. The van der Waals surface area contributed by atoms with Crippen LogP contribution in [0.15, 0.2) is 52.1 Å². The Bertz CT molecular complexity index is 674. The van der Waals surface area contributed by atoms with E-state index in [1.165, 1.54) is 11.8 Å². The maximum Gasteiger partial charge on any atom is 0.335 e. The zero-order chi connectivity index (χ0) is 19.0. The molecule has 0 spiro atoms. The smallest absolute Gasteiger partial charge is 0.335 e. The summed E-state index contributed by atoms with van der Waals surface area (Å²) in [6.07, 6.45) is 3.34. The highest BCUT2D eigenvalue weighted by Gasteiger charge is 2.36. The highest BCUT2D eigenvalue weighted by atomic mass is 16.5. The molecule has 0 unspecified atom stereocenters. The monoisotopic (exact) mass is 356 g/mol. The van der Waals surface area contributed by atoms with Crippen LogP contribution >= 0.6 is 0 Å². The van der Waals surface area contributed by atoms with E-state index in [9.17, 15) is 4.79 Å². The third-order valence-electron chi connectivity index (χ3n) is 4.65. The second-order valence-corrected chi connectivity index (χ2v) is 6.52. The maximum absolute atomic E-state index is 11.7. The number of hydrogen-bond acceptors (Lipinski definition) is 4. The topological polar surface area (TPSA) is 66.3 Å². The van der Waals surface area contributed by atoms with Gasteiger partial charge in [-0.15, -0.1) is 0 Å². The lowest BCUT2D eigenvalue weighted by Gasteiger charge is -2.42. The minimum Gasteiger partial charge on any atom is -0.463 e. The quantitative estimate of drug-likeness (QED) is 0.381. The summed E-state index contributed by atoms with van der Waals surface area (Å²) in [5.74, 6) is 0.0266. The minimum atomic E-state index is -0.378. The second-order valence-electron chi connectivity index (χ2n) is 6.52. The van der Waals surface area contributed by atoms with E-state index in [0.717, 1.165) is 25.9 Å². The molecule has 6 nitrogen and oxygen atoms in total. The maximum atomic E-state index is 11.7. The lowest BCUT2D eigenvalue weighted by molar-refractivity contribution is -0.138. The number of esters is 1. The highest BCUT2D eigenvalue weighted by Crippen LogP contribution is 2.32. The van der Waals surface area contributed by atoms with E-state index in [1.807, 2.05) is 18.2 Å². The van der Waals surface area contributed by atoms with Crippen molar-refractivity contribution in [2.45, 2.75) is 32.2 Å². The van der Waals surface area contributed by atoms with Crippen molar-refractivity contribution >= 4 is 18.6 Å². The van der Waals surface area contributed by atoms with Gasteiger partial charge in [0.2, 0.25) is 5.96 Å². The molecule has 6 heteroatoms. The van der Waals surface area contributed by atoms with Crippen molar-refractivity contribution in [3.63, 3.8) is 0 Å². The average Bonchev–Trinajstić information content (AvgIpc) is 2.67. The number of nitrogens with one attached hydrogen (secondary N) is 1. The molecular formula is C20H28N4O2. The van der Waals surface area contributed by atoms with Crippen molar-refractivity contribution < 1.29 is 9.53 Å². The molecule has 0 saturated carbocycles. The Morgan fingerprint density at radius 2 is 2.00 bits per heavy atom. The molecule has 1 heterocycles. The summed E-state index contributed by atoms with van der Waals surface area (Å²) >= 11 is 0. The first-order valence-corrected chi connectivity index (χ1v) is 8.91. The molecule has 1 aromatic carbocycles. The molecule has 1 N–H and O–H groups in total. The summed E-state index contributed by atoms with van der Waals surface area (Å²) in [5, 5.41) is 3.48. The van der Waals surface area contributed by atoms with E-state index in [0.29, 0.717) is 18.1 Å². The summed E-state index contributed by atoms with van der Waals surface area (Å²) in [4.78, 5) is 22.4. The largest absolute Gasteiger partial charge is 0.463 e. The summed E-state index contributed by atoms with van der Waals surface area (Å²) in [6, 6.07) is 10.3. The Kier molecular flexibility index (Phi) is 7.09. The molecule has 1 aliphatic heterocycles. The predicted molar refractivity (Wildman–Crippen MR) is 105 cm³/mol. The number of aliphatic imine (C=N–C) groups is 2. The van der Waals surface area contributed by atoms with E-state index in [-0.39, 0.29) is 11.5 Å². The Morgan fingerprint density at radius 1 is 1.35 bits per heavy atom. The van der Waals surface area contributed by atoms with Gasteiger partial charge < -0.3 is 15.0 Å². The average molecular weight is 356 g/mol. The standard InChI is InChI=1S/C20H28N4O2/c1-5-26-18(25)16(2)15-22-19(21-3)23-20(11-13-24(4)14-12-20)17-9-7-6-8-10-17/h6-10,15H,3,5,11-14H2,1-2,4H3,(H,22,23)/b16-15+. The van der Waals surface area contributed by atoms with Gasteiger partial charge in [-0.05, 0) is 46.0 Å². The number of ether oxygens (including phenoxy) is 1. The number of guanidine groups is 1.